The lowest BCUT2D eigenvalue weighted by Crippen LogP contribution is -2.26. The topological polar surface area (TPSA) is 81.5 Å². The van der Waals surface area contributed by atoms with E-state index in [9.17, 15) is 19.3 Å². The quantitative estimate of drug-likeness (QED) is 0.453. The first kappa shape index (κ1) is 15.4. The van der Waals surface area contributed by atoms with Gasteiger partial charge in [-0.05, 0) is 37.3 Å². The molecule has 0 saturated heterocycles. The molecule has 0 atom stereocenters. The van der Waals surface area contributed by atoms with Crippen LogP contribution in [-0.2, 0) is 4.74 Å². The Kier molecular flexibility index (Phi) is 5.21. The minimum absolute atomic E-state index is 0.265. The summed E-state index contributed by atoms with van der Waals surface area (Å²) >= 11 is 0. The van der Waals surface area contributed by atoms with E-state index in [2.05, 4.69) is 5.32 Å². The summed E-state index contributed by atoms with van der Waals surface area (Å²) in [5.41, 5.74) is -0.669. The number of ether oxygens (including phenoxy) is 1. The van der Waals surface area contributed by atoms with Crippen LogP contribution in [0.3, 0.4) is 0 Å². The van der Waals surface area contributed by atoms with E-state index >= 15 is 0 Å². The van der Waals surface area contributed by atoms with Crippen LogP contribution < -0.4 is 5.32 Å². The molecule has 1 saturated carbocycles. The molecule has 0 unspecified atom stereocenters. The van der Waals surface area contributed by atoms with E-state index in [0.29, 0.717) is 25.5 Å². The lowest BCUT2D eigenvalue weighted by molar-refractivity contribution is -0.385. The van der Waals surface area contributed by atoms with E-state index < -0.39 is 22.3 Å². The van der Waals surface area contributed by atoms with Crippen molar-refractivity contribution in [3.8, 4) is 0 Å². The van der Waals surface area contributed by atoms with Crippen LogP contribution in [0.2, 0.25) is 0 Å². The summed E-state index contributed by atoms with van der Waals surface area (Å²) in [4.78, 5) is 22.0. The smallest absolute Gasteiger partial charge is 0.282 e. The summed E-state index contributed by atoms with van der Waals surface area (Å²) in [5.74, 6) is -0.642. The highest BCUT2D eigenvalue weighted by Gasteiger charge is 2.21. The van der Waals surface area contributed by atoms with Crippen LogP contribution in [-0.4, -0.2) is 30.6 Å². The van der Waals surface area contributed by atoms with E-state index in [1.54, 1.807) is 0 Å². The molecular weight excluding hydrogens is 279 g/mol. The number of benzene rings is 1. The molecule has 1 N–H and O–H groups in total. The Balaban J connectivity index is 1.79. The molecule has 7 heteroatoms. The average Bonchev–Trinajstić information content (AvgIpc) is 3.26. The van der Waals surface area contributed by atoms with Crippen molar-refractivity contribution in [1.29, 1.82) is 0 Å². The number of nitro benzene ring substituents is 1. The molecule has 1 aliphatic rings. The van der Waals surface area contributed by atoms with Crippen molar-refractivity contribution < 1.29 is 18.8 Å². The highest BCUT2D eigenvalue weighted by molar-refractivity contribution is 5.98. The van der Waals surface area contributed by atoms with E-state index in [-0.39, 0.29) is 5.56 Å². The van der Waals surface area contributed by atoms with Crippen LogP contribution in [0.25, 0.3) is 0 Å². The minimum atomic E-state index is -0.701. The summed E-state index contributed by atoms with van der Waals surface area (Å²) in [6.07, 6.45) is 3.06. The largest absolute Gasteiger partial charge is 0.381 e. The van der Waals surface area contributed by atoms with Crippen LogP contribution in [0.5, 0.6) is 0 Å². The number of rotatable bonds is 8. The zero-order valence-corrected chi connectivity index (χ0v) is 11.5. The van der Waals surface area contributed by atoms with E-state index in [1.807, 2.05) is 0 Å². The fourth-order valence-corrected chi connectivity index (χ4v) is 1.86. The Labute approximate surface area is 121 Å². The van der Waals surface area contributed by atoms with Gasteiger partial charge in [0.15, 0.2) is 0 Å². The maximum absolute atomic E-state index is 13.1. The van der Waals surface area contributed by atoms with Gasteiger partial charge in [-0.25, -0.2) is 4.39 Å². The van der Waals surface area contributed by atoms with Gasteiger partial charge in [0.05, 0.1) is 4.92 Å². The van der Waals surface area contributed by atoms with Crippen molar-refractivity contribution >= 4 is 11.6 Å². The fourth-order valence-electron chi connectivity index (χ4n) is 1.86. The maximum atomic E-state index is 13.1. The number of carbonyl (C=O) groups excluding carboxylic acids is 1. The third-order valence-electron chi connectivity index (χ3n) is 3.20. The average molecular weight is 296 g/mol. The zero-order chi connectivity index (χ0) is 15.2. The van der Waals surface area contributed by atoms with Crippen LogP contribution in [0.4, 0.5) is 10.1 Å². The molecule has 1 fully saturated rings. The molecule has 0 aromatic heterocycles. The number of nitrogens with zero attached hydrogens (tertiary/aromatic N) is 1. The summed E-state index contributed by atoms with van der Waals surface area (Å²) < 4.78 is 18.5. The molecule has 1 aromatic carbocycles. The lowest BCUT2D eigenvalue weighted by atomic mass is 10.1. The molecule has 0 bridgehead atoms. The second-order valence-electron chi connectivity index (χ2n) is 5.05. The molecule has 6 nitrogen and oxygen atoms in total. The highest BCUT2D eigenvalue weighted by Crippen LogP contribution is 2.28. The predicted octanol–water partition coefficient (Wildman–Crippen LogP) is 2.28. The Bertz CT molecular complexity index is 532. The second kappa shape index (κ2) is 7.12. The number of carbonyl (C=O) groups is 1. The van der Waals surface area contributed by atoms with Gasteiger partial charge in [-0.15, -0.1) is 0 Å². The van der Waals surface area contributed by atoms with Crippen molar-refractivity contribution in [1.82, 2.24) is 5.32 Å². The normalized spacial score (nSPS) is 14.0. The molecule has 2 rings (SSSR count). The molecule has 1 aromatic rings. The number of nitro groups is 1. The third-order valence-corrected chi connectivity index (χ3v) is 3.20. The van der Waals surface area contributed by atoms with Crippen LogP contribution >= 0.6 is 0 Å². The molecule has 21 heavy (non-hydrogen) atoms. The third kappa shape index (κ3) is 4.78. The molecule has 1 aliphatic carbocycles. The van der Waals surface area contributed by atoms with Crippen LogP contribution in [0, 0.1) is 21.8 Å². The van der Waals surface area contributed by atoms with Crippen LogP contribution in [0.15, 0.2) is 18.2 Å². The zero-order valence-electron chi connectivity index (χ0n) is 11.5. The first-order valence-corrected chi connectivity index (χ1v) is 6.88. The molecule has 0 radical (unpaired) electrons. The number of nitrogens with one attached hydrogen (secondary N) is 1. The minimum Gasteiger partial charge on any atom is -0.381 e. The fraction of sp³-hybridized carbons (Fsp3) is 0.500. The van der Waals surface area contributed by atoms with Gasteiger partial charge >= 0.3 is 0 Å². The van der Waals surface area contributed by atoms with Gasteiger partial charge in [0.2, 0.25) is 0 Å². The summed E-state index contributed by atoms with van der Waals surface area (Å²) in [6, 6.07) is 2.82. The molecule has 114 valence electrons. The summed E-state index contributed by atoms with van der Waals surface area (Å²) in [7, 11) is 0. The monoisotopic (exact) mass is 296 g/mol. The first-order chi connectivity index (χ1) is 10.1. The van der Waals surface area contributed by atoms with Crippen molar-refractivity contribution in [2.45, 2.75) is 19.3 Å². The molecule has 0 heterocycles. The SMILES string of the molecule is O=C(NCCCOCC1CC1)c1cc(F)ccc1[N+](=O)[O-]. The molecule has 1 amide bonds. The Morgan fingerprint density at radius 1 is 1.48 bits per heavy atom. The lowest BCUT2D eigenvalue weighted by Gasteiger charge is -2.06. The number of amides is 1. The Hall–Kier alpha value is -2.02. The standard InChI is InChI=1S/C14H17FN2O4/c15-11-4-5-13(17(19)20)12(8-11)14(18)16-6-1-7-21-9-10-2-3-10/h4-5,8,10H,1-3,6-7,9H2,(H,16,18). The maximum Gasteiger partial charge on any atom is 0.282 e. The predicted molar refractivity (Wildman–Crippen MR) is 73.5 cm³/mol. The number of hydrogen-bond acceptors (Lipinski definition) is 4. The van der Waals surface area contributed by atoms with Crippen LogP contribution in [0.1, 0.15) is 29.6 Å². The van der Waals surface area contributed by atoms with Gasteiger partial charge in [-0.3, -0.25) is 14.9 Å². The van der Waals surface area contributed by atoms with Gasteiger partial charge in [-0.2, -0.15) is 0 Å². The highest BCUT2D eigenvalue weighted by atomic mass is 19.1. The Morgan fingerprint density at radius 3 is 2.90 bits per heavy atom. The summed E-state index contributed by atoms with van der Waals surface area (Å²) in [6.45, 7) is 1.61. The molecule has 0 spiro atoms. The van der Waals surface area contributed by atoms with Gasteiger partial charge in [0.25, 0.3) is 11.6 Å². The second-order valence-corrected chi connectivity index (χ2v) is 5.05. The van der Waals surface area contributed by atoms with E-state index in [1.165, 1.54) is 12.8 Å². The van der Waals surface area contributed by atoms with E-state index in [4.69, 9.17) is 4.74 Å². The van der Waals surface area contributed by atoms with Crippen molar-refractivity contribution in [3.63, 3.8) is 0 Å². The number of halogens is 1. The van der Waals surface area contributed by atoms with Crippen molar-refractivity contribution in [3.05, 3.63) is 39.7 Å². The summed E-state index contributed by atoms with van der Waals surface area (Å²) in [5, 5.41) is 13.3. The van der Waals surface area contributed by atoms with Crippen molar-refractivity contribution in [2.24, 2.45) is 5.92 Å². The van der Waals surface area contributed by atoms with Gasteiger partial charge in [0.1, 0.15) is 11.4 Å². The Morgan fingerprint density at radius 2 is 2.24 bits per heavy atom. The van der Waals surface area contributed by atoms with Crippen molar-refractivity contribution in [2.75, 3.05) is 19.8 Å². The molecular formula is C14H17FN2O4. The van der Waals surface area contributed by atoms with Gasteiger partial charge in [0, 0.05) is 25.8 Å². The van der Waals surface area contributed by atoms with Gasteiger partial charge in [-0.1, -0.05) is 0 Å². The molecule has 0 aliphatic heterocycles. The van der Waals surface area contributed by atoms with Gasteiger partial charge < -0.3 is 10.1 Å². The van der Waals surface area contributed by atoms with E-state index in [0.717, 1.165) is 24.8 Å². The first-order valence-electron chi connectivity index (χ1n) is 6.88. The number of hydrogen-bond donors (Lipinski definition) is 1.